The first-order valence-corrected chi connectivity index (χ1v) is 17.0. The van der Waals surface area contributed by atoms with Crippen molar-refractivity contribution in [1.82, 2.24) is 15.0 Å². The second-order valence-electron chi connectivity index (χ2n) is 11.2. The van der Waals surface area contributed by atoms with Gasteiger partial charge in [-0.25, -0.2) is 15.0 Å². The normalized spacial score (nSPS) is 12.8. The van der Waals surface area contributed by atoms with E-state index in [1.54, 1.807) is 0 Å². The molecule has 1 aromatic heterocycles. The Morgan fingerprint density at radius 1 is 0.409 bits per heavy atom. The van der Waals surface area contributed by atoms with E-state index in [2.05, 4.69) is 127 Å². The molecule has 0 spiro atoms. The molecular formula is C40H29N3Si. The zero-order chi connectivity index (χ0) is 29.3. The Labute approximate surface area is 258 Å². The van der Waals surface area contributed by atoms with E-state index in [0.29, 0.717) is 18.1 Å². The highest BCUT2D eigenvalue weighted by molar-refractivity contribution is 7.22. The Bertz CT molecular complexity index is 1980. The third kappa shape index (κ3) is 4.39. The van der Waals surface area contributed by atoms with Crippen molar-refractivity contribution < 1.29 is 0 Å². The highest BCUT2D eigenvalue weighted by atomic mass is 28.3. The Morgan fingerprint density at radius 2 is 0.886 bits per heavy atom. The summed E-state index contributed by atoms with van der Waals surface area (Å²) in [5.41, 5.74) is 5.80. The molecule has 0 aliphatic carbocycles. The van der Waals surface area contributed by atoms with Crippen LogP contribution in [-0.2, 0) is 6.42 Å². The molecule has 1 aliphatic heterocycles. The van der Waals surface area contributed by atoms with Crippen LogP contribution in [0.4, 0.5) is 0 Å². The summed E-state index contributed by atoms with van der Waals surface area (Å²) < 4.78 is 0. The van der Waals surface area contributed by atoms with E-state index >= 15 is 0 Å². The van der Waals surface area contributed by atoms with Crippen molar-refractivity contribution in [2.45, 2.75) is 6.42 Å². The van der Waals surface area contributed by atoms with Crippen LogP contribution in [0.15, 0.2) is 164 Å². The van der Waals surface area contributed by atoms with Crippen LogP contribution in [0.3, 0.4) is 0 Å². The standard InChI is InChI=1S/C40H29N3Si/c1-5-15-30(16-6-1)39-41-38(42-40(43-39)31-17-7-2-8-18-31)28-29-25-26-37-35(27-29)34-23-13-14-24-36(34)44(37,32-19-9-3-10-20-32)33-21-11-4-12-22-33/h1-27H,28H2. The Morgan fingerprint density at radius 3 is 1.45 bits per heavy atom. The van der Waals surface area contributed by atoms with Gasteiger partial charge in [-0.3, -0.25) is 0 Å². The fourth-order valence-electron chi connectivity index (χ4n) is 6.72. The first-order valence-electron chi connectivity index (χ1n) is 15.0. The average Bonchev–Trinajstić information content (AvgIpc) is 3.40. The summed E-state index contributed by atoms with van der Waals surface area (Å²) in [6.45, 7) is 0. The lowest BCUT2D eigenvalue weighted by molar-refractivity contribution is 0.933. The quantitative estimate of drug-likeness (QED) is 0.222. The lowest BCUT2D eigenvalue weighted by atomic mass is 10.0. The van der Waals surface area contributed by atoms with Gasteiger partial charge in [-0.15, -0.1) is 0 Å². The minimum absolute atomic E-state index is 0.614. The van der Waals surface area contributed by atoms with Crippen LogP contribution in [-0.4, -0.2) is 23.0 Å². The molecule has 0 atom stereocenters. The third-order valence-electron chi connectivity index (χ3n) is 8.63. The van der Waals surface area contributed by atoms with Gasteiger partial charge in [0.15, 0.2) is 19.7 Å². The molecule has 0 N–H and O–H groups in total. The Balaban J connectivity index is 1.28. The number of aromatic nitrogens is 3. The third-order valence-corrected chi connectivity index (χ3v) is 13.5. The molecule has 0 saturated heterocycles. The molecule has 0 amide bonds. The maximum absolute atomic E-state index is 4.97. The summed E-state index contributed by atoms with van der Waals surface area (Å²) in [6.07, 6.45) is 0.614. The van der Waals surface area contributed by atoms with Crippen LogP contribution in [0.25, 0.3) is 33.9 Å². The molecule has 44 heavy (non-hydrogen) atoms. The molecule has 0 radical (unpaired) electrons. The first-order chi connectivity index (χ1) is 21.8. The van der Waals surface area contributed by atoms with Crippen molar-refractivity contribution in [2.24, 2.45) is 0 Å². The van der Waals surface area contributed by atoms with Gasteiger partial charge in [0, 0.05) is 17.5 Å². The van der Waals surface area contributed by atoms with Gasteiger partial charge in [-0.1, -0.05) is 164 Å². The van der Waals surface area contributed by atoms with E-state index in [1.807, 2.05) is 36.4 Å². The van der Waals surface area contributed by atoms with Gasteiger partial charge >= 0.3 is 0 Å². The molecule has 0 unspecified atom stereocenters. The summed E-state index contributed by atoms with van der Waals surface area (Å²) in [4.78, 5) is 14.8. The van der Waals surface area contributed by atoms with Gasteiger partial charge < -0.3 is 0 Å². The van der Waals surface area contributed by atoms with Gasteiger partial charge in [-0.05, 0) is 37.4 Å². The smallest absolute Gasteiger partial charge is 0.180 e. The number of hydrogen-bond acceptors (Lipinski definition) is 3. The zero-order valence-electron chi connectivity index (χ0n) is 24.1. The molecule has 0 saturated carbocycles. The summed E-state index contributed by atoms with van der Waals surface area (Å²) >= 11 is 0. The predicted octanol–water partition coefficient (Wildman–Crippen LogP) is 6.15. The summed E-state index contributed by atoms with van der Waals surface area (Å²) in [5.74, 6) is 2.15. The topological polar surface area (TPSA) is 38.7 Å². The molecular weight excluding hydrogens is 551 g/mol. The largest absolute Gasteiger partial charge is 0.213 e. The van der Waals surface area contributed by atoms with Crippen LogP contribution in [0.5, 0.6) is 0 Å². The molecule has 3 nitrogen and oxygen atoms in total. The second-order valence-corrected chi connectivity index (χ2v) is 14.9. The van der Waals surface area contributed by atoms with E-state index in [0.717, 1.165) is 17.0 Å². The fourth-order valence-corrected chi connectivity index (χ4v) is 11.9. The van der Waals surface area contributed by atoms with Crippen molar-refractivity contribution in [2.75, 3.05) is 0 Å². The van der Waals surface area contributed by atoms with Gasteiger partial charge in [0.05, 0.1) is 0 Å². The Hall–Kier alpha value is -5.45. The predicted molar refractivity (Wildman–Crippen MR) is 183 cm³/mol. The van der Waals surface area contributed by atoms with Crippen molar-refractivity contribution in [1.29, 1.82) is 0 Å². The number of fused-ring (bicyclic) bond motifs is 3. The number of rotatable bonds is 6. The minimum atomic E-state index is -2.49. The van der Waals surface area contributed by atoms with Crippen LogP contribution < -0.4 is 20.7 Å². The highest BCUT2D eigenvalue weighted by Crippen LogP contribution is 2.30. The minimum Gasteiger partial charge on any atom is -0.213 e. The van der Waals surface area contributed by atoms with E-state index in [1.165, 1.54) is 37.4 Å². The second kappa shape index (κ2) is 11.0. The summed E-state index contributed by atoms with van der Waals surface area (Å²) in [7, 11) is -2.49. The molecule has 4 heteroatoms. The van der Waals surface area contributed by atoms with Crippen LogP contribution >= 0.6 is 0 Å². The maximum atomic E-state index is 4.97. The molecule has 208 valence electrons. The number of benzene rings is 6. The lowest BCUT2D eigenvalue weighted by Gasteiger charge is -2.31. The lowest BCUT2D eigenvalue weighted by Crippen LogP contribution is -2.72. The number of nitrogens with zero attached hydrogens (tertiary/aromatic N) is 3. The average molecular weight is 580 g/mol. The fraction of sp³-hybridized carbons (Fsp3) is 0.0250. The molecule has 0 fully saturated rings. The van der Waals surface area contributed by atoms with Gasteiger partial charge in [0.25, 0.3) is 0 Å². The van der Waals surface area contributed by atoms with Crippen LogP contribution in [0, 0.1) is 0 Å². The first kappa shape index (κ1) is 26.2. The molecule has 1 aliphatic rings. The monoisotopic (exact) mass is 579 g/mol. The molecule has 7 aromatic rings. The summed E-state index contributed by atoms with van der Waals surface area (Å²) in [5, 5.41) is 5.69. The van der Waals surface area contributed by atoms with Crippen molar-refractivity contribution in [3.8, 4) is 33.9 Å². The van der Waals surface area contributed by atoms with Gasteiger partial charge in [0.1, 0.15) is 5.82 Å². The van der Waals surface area contributed by atoms with E-state index in [9.17, 15) is 0 Å². The maximum Gasteiger partial charge on any atom is 0.180 e. The van der Waals surface area contributed by atoms with Crippen molar-refractivity contribution in [3.05, 3.63) is 175 Å². The molecule has 8 rings (SSSR count). The van der Waals surface area contributed by atoms with Gasteiger partial charge in [-0.2, -0.15) is 0 Å². The highest BCUT2D eigenvalue weighted by Gasteiger charge is 2.48. The van der Waals surface area contributed by atoms with Crippen molar-refractivity contribution in [3.63, 3.8) is 0 Å². The van der Waals surface area contributed by atoms with Crippen LogP contribution in [0.2, 0.25) is 0 Å². The zero-order valence-corrected chi connectivity index (χ0v) is 25.1. The molecule has 6 aromatic carbocycles. The van der Waals surface area contributed by atoms with E-state index in [4.69, 9.17) is 15.0 Å². The molecule has 2 heterocycles. The van der Waals surface area contributed by atoms with Crippen LogP contribution in [0.1, 0.15) is 11.4 Å². The van der Waals surface area contributed by atoms with Crippen molar-refractivity contribution >= 4 is 28.8 Å². The summed E-state index contributed by atoms with van der Waals surface area (Å²) in [6, 6.07) is 58.6. The van der Waals surface area contributed by atoms with Gasteiger partial charge in [0.2, 0.25) is 0 Å². The Kier molecular flexibility index (Phi) is 6.54. The number of hydrogen-bond donors (Lipinski definition) is 0. The van der Waals surface area contributed by atoms with E-state index in [-0.39, 0.29) is 0 Å². The molecule has 0 bridgehead atoms. The van der Waals surface area contributed by atoms with E-state index < -0.39 is 8.07 Å². The SMILES string of the molecule is c1ccc(-c2nc(Cc3ccc4c(c3)-c3ccccc3[Si]4(c3ccccc3)c3ccccc3)nc(-c3ccccc3)n2)cc1.